The van der Waals surface area contributed by atoms with Gasteiger partial charge in [0.1, 0.15) is 5.82 Å². The van der Waals surface area contributed by atoms with Gasteiger partial charge in [-0.05, 0) is 18.1 Å². The summed E-state index contributed by atoms with van der Waals surface area (Å²) >= 11 is 6.01. The number of imidazole rings is 1. The summed E-state index contributed by atoms with van der Waals surface area (Å²) in [6.07, 6.45) is 2.51. The maximum atomic E-state index is 10.9. The summed E-state index contributed by atoms with van der Waals surface area (Å²) in [6.45, 7) is 4.20. The topological polar surface area (TPSA) is 54.6 Å². The van der Waals surface area contributed by atoms with E-state index in [1.807, 2.05) is 4.40 Å². The van der Waals surface area contributed by atoms with Crippen LogP contribution in [-0.4, -0.2) is 20.5 Å². The van der Waals surface area contributed by atoms with Crippen LogP contribution in [-0.2, 0) is 6.42 Å². The fraction of sp³-hybridized carbons (Fsp3) is 0.333. The highest BCUT2D eigenvalue weighted by Crippen LogP contribution is 2.21. The standard InChI is InChI=1S/C12H13ClN2O2/c1-7(2)5-10-14-11(13)9-6-8(12(16)17)3-4-15(9)10/h3-4,6-7H,5H2,1-2H3,(H,16,17). The molecule has 0 fully saturated rings. The monoisotopic (exact) mass is 252 g/mol. The van der Waals surface area contributed by atoms with Crippen LogP contribution < -0.4 is 0 Å². The second-order valence-electron chi connectivity index (χ2n) is 4.39. The van der Waals surface area contributed by atoms with E-state index in [0.29, 0.717) is 16.6 Å². The van der Waals surface area contributed by atoms with Crippen LogP contribution in [0.25, 0.3) is 5.52 Å². The molecular weight excluding hydrogens is 240 g/mol. The van der Waals surface area contributed by atoms with Gasteiger partial charge in [0.2, 0.25) is 0 Å². The number of hydrogen-bond donors (Lipinski definition) is 1. The Labute approximate surface area is 104 Å². The molecule has 1 N–H and O–H groups in total. The lowest BCUT2D eigenvalue weighted by Crippen LogP contribution is -2.02. The quantitative estimate of drug-likeness (QED) is 0.914. The van der Waals surface area contributed by atoms with Gasteiger partial charge >= 0.3 is 5.97 Å². The number of rotatable bonds is 3. The number of nitrogens with zero attached hydrogens (tertiary/aromatic N) is 2. The van der Waals surface area contributed by atoms with Crippen LogP contribution in [0.3, 0.4) is 0 Å². The zero-order valence-corrected chi connectivity index (χ0v) is 10.4. The lowest BCUT2D eigenvalue weighted by Gasteiger charge is -2.04. The van der Waals surface area contributed by atoms with E-state index in [0.717, 1.165) is 12.2 Å². The van der Waals surface area contributed by atoms with E-state index < -0.39 is 5.97 Å². The van der Waals surface area contributed by atoms with Crippen molar-refractivity contribution in [2.24, 2.45) is 5.92 Å². The molecule has 0 aliphatic heterocycles. The molecule has 0 aliphatic rings. The second-order valence-corrected chi connectivity index (χ2v) is 4.75. The van der Waals surface area contributed by atoms with Crippen molar-refractivity contribution < 1.29 is 9.90 Å². The Morgan fingerprint density at radius 2 is 2.29 bits per heavy atom. The van der Waals surface area contributed by atoms with Crippen LogP contribution in [0.4, 0.5) is 0 Å². The van der Waals surface area contributed by atoms with Crippen molar-refractivity contribution >= 4 is 23.1 Å². The van der Waals surface area contributed by atoms with Crippen LogP contribution >= 0.6 is 11.6 Å². The molecule has 17 heavy (non-hydrogen) atoms. The molecule has 0 atom stereocenters. The Balaban J connectivity index is 2.57. The molecule has 2 aromatic rings. The Hall–Kier alpha value is -1.55. The SMILES string of the molecule is CC(C)Cc1nc(Cl)c2cc(C(=O)O)ccn12. The number of carboxylic acids is 1. The van der Waals surface area contributed by atoms with Crippen LogP contribution in [0.2, 0.25) is 5.15 Å². The molecule has 4 nitrogen and oxygen atoms in total. The van der Waals surface area contributed by atoms with E-state index in [9.17, 15) is 4.79 Å². The smallest absolute Gasteiger partial charge is 0.335 e. The summed E-state index contributed by atoms with van der Waals surface area (Å²) < 4.78 is 1.84. The Morgan fingerprint density at radius 3 is 2.88 bits per heavy atom. The number of aromatic nitrogens is 2. The summed E-state index contributed by atoms with van der Waals surface area (Å²) in [7, 11) is 0. The second kappa shape index (κ2) is 4.37. The first-order valence-electron chi connectivity index (χ1n) is 5.39. The molecule has 2 rings (SSSR count). The summed E-state index contributed by atoms with van der Waals surface area (Å²) in [4.78, 5) is 15.1. The predicted molar refractivity (Wildman–Crippen MR) is 65.7 cm³/mol. The predicted octanol–water partition coefficient (Wildman–Crippen LogP) is 2.88. The minimum absolute atomic E-state index is 0.218. The van der Waals surface area contributed by atoms with Crippen molar-refractivity contribution in [3.63, 3.8) is 0 Å². The first-order valence-corrected chi connectivity index (χ1v) is 5.76. The number of pyridine rings is 1. The fourth-order valence-electron chi connectivity index (χ4n) is 1.75. The lowest BCUT2D eigenvalue weighted by atomic mass is 10.1. The summed E-state index contributed by atoms with van der Waals surface area (Å²) in [5, 5.41) is 9.27. The first kappa shape index (κ1) is 11.9. The van der Waals surface area contributed by atoms with Crippen LogP contribution in [0, 0.1) is 5.92 Å². The van der Waals surface area contributed by atoms with Gasteiger partial charge in [-0.15, -0.1) is 0 Å². The van der Waals surface area contributed by atoms with Gasteiger partial charge in [0, 0.05) is 12.6 Å². The highest BCUT2D eigenvalue weighted by molar-refractivity contribution is 6.32. The van der Waals surface area contributed by atoms with Gasteiger partial charge in [0.05, 0.1) is 11.1 Å². The summed E-state index contributed by atoms with van der Waals surface area (Å²) in [5.74, 6) is 0.364. The average molecular weight is 253 g/mol. The van der Waals surface area contributed by atoms with Crippen LogP contribution in [0.5, 0.6) is 0 Å². The number of hydrogen-bond acceptors (Lipinski definition) is 2. The number of halogens is 1. The van der Waals surface area contributed by atoms with Crippen molar-refractivity contribution in [2.75, 3.05) is 0 Å². The van der Waals surface area contributed by atoms with E-state index in [2.05, 4.69) is 18.8 Å². The van der Waals surface area contributed by atoms with Crippen molar-refractivity contribution in [3.05, 3.63) is 34.9 Å². The highest BCUT2D eigenvalue weighted by Gasteiger charge is 2.12. The molecule has 2 heterocycles. The molecule has 0 aromatic carbocycles. The van der Waals surface area contributed by atoms with Gasteiger partial charge in [-0.25, -0.2) is 9.78 Å². The van der Waals surface area contributed by atoms with E-state index in [1.165, 1.54) is 0 Å². The molecule has 0 spiro atoms. The van der Waals surface area contributed by atoms with Crippen molar-refractivity contribution in [2.45, 2.75) is 20.3 Å². The Bertz CT molecular complexity index is 575. The van der Waals surface area contributed by atoms with E-state index in [4.69, 9.17) is 16.7 Å². The molecular formula is C12H13ClN2O2. The normalized spacial score (nSPS) is 11.3. The van der Waals surface area contributed by atoms with E-state index >= 15 is 0 Å². The third-order valence-corrected chi connectivity index (χ3v) is 2.79. The third-order valence-electron chi connectivity index (χ3n) is 2.51. The molecule has 2 aromatic heterocycles. The minimum atomic E-state index is -0.963. The molecule has 0 bridgehead atoms. The maximum absolute atomic E-state index is 10.9. The number of carboxylic acid groups (broad SMARTS) is 1. The summed E-state index contributed by atoms with van der Waals surface area (Å²) in [5.41, 5.74) is 0.859. The molecule has 0 saturated heterocycles. The zero-order chi connectivity index (χ0) is 12.6. The van der Waals surface area contributed by atoms with Crippen molar-refractivity contribution in [3.8, 4) is 0 Å². The molecule has 0 unspecified atom stereocenters. The van der Waals surface area contributed by atoms with Gasteiger partial charge in [0.15, 0.2) is 5.15 Å². The number of carbonyl (C=O) groups is 1. The van der Waals surface area contributed by atoms with Gasteiger partial charge in [-0.3, -0.25) is 0 Å². The Morgan fingerprint density at radius 1 is 1.59 bits per heavy atom. The molecule has 0 amide bonds. The van der Waals surface area contributed by atoms with Crippen LogP contribution in [0.15, 0.2) is 18.3 Å². The molecule has 0 radical (unpaired) electrons. The molecule has 0 saturated carbocycles. The zero-order valence-electron chi connectivity index (χ0n) is 9.64. The molecule has 5 heteroatoms. The molecule has 90 valence electrons. The van der Waals surface area contributed by atoms with Gasteiger partial charge in [-0.1, -0.05) is 25.4 Å². The lowest BCUT2D eigenvalue weighted by molar-refractivity contribution is 0.0697. The van der Waals surface area contributed by atoms with Gasteiger partial charge in [-0.2, -0.15) is 0 Å². The van der Waals surface area contributed by atoms with Gasteiger partial charge in [0.25, 0.3) is 0 Å². The van der Waals surface area contributed by atoms with E-state index in [-0.39, 0.29) is 5.56 Å². The van der Waals surface area contributed by atoms with E-state index in [1.54, 1.807) is 18.3 Å². The third kappa shape index (κ3) is 2.26. The fourth-order valence-corrected chi connectivity index (χ4v) is 1.99. The largest absolute Gasteiger partial charge is 0.478 e. The van der Waals surface area contributed by atoms with Crippen molar-refractivity contribution in [1.82, 2.24) is 9.38 Å². The minimum Gasteiger partial charge on any atom is -0.478 e. The maximum Gasteiger partial charge on any atom is 0.335 e. The first-order chi connectivity index (χ1) is 7.99. The highest BCUT2D eigenvalue weighted by atomic mass is 35.5. The van der Waals surface area contributed by atoms with Gasteiger partial charge < -0.3 is 9.51 Å². The number of aromatic carboxylic acids is 1. The average Bonchev–Trinajstić information content (AvgIpc) is 2.54. The van der Waals surface area contributed by atoms with Crippen molar-refractivity contribution in [1.29, 1.82) is 0 Å². The Kier molecular flexibility index (Phi) is 3.07. The number of fused-ring (bicyclic) bond motifs is 1. The van der Waals surface area contributed by atoms with Crippen LogP contribution in [0.1, 0.15) is 30.0 Å². The summed E-state index contributed by atoms with van der Waals surface area (Å²) in [6, 6.07) is 3.10. The molecule has 0 aliphatic carbocycles.